The SMILES string of the molecule is C1COCCO1.CC(C)(C)OC(=O)Cc1ccc([C@@H]2C[C@H]2C(F)(F)F)cc1. The molecule has 1 aromatic rings. The van der Waals surface area contributed by atoms with Crippen LogP contribution in [0.2, 0.25) is 0 Å². The molecule has 0 amide bonds. The number of benzene rings is 1. The summed E-state index contributed by atoms with van der Waals surface area (Å²) < 4.78 is 52.7. The van der Waals surface area contributed by atoms with Crippen molar-refractivity contribution < 1.29 is 32.2 Å². The molecule has 1 saturated heterocycles. The first-order chi connectivity index (χ1) is 12.6. The van der Waals surface area contributed by atoms with Crippen LogP contribution < -0.4 is 0 Å². The lowest BCUT2D eigenvalue weighted by Crippen LogP contribution is -2.24. The van der Waals surface area contributed by atoms with E-state index in [1.54, 1.807) is 45.0 Å². The van der Waals surface area contributed by atoms with Crippen molar-refractivity contribution in [2.45, 2.75) is 51.3 Å². The smallest absolute Gasteiger partial charge is 0.392 e. The van der Waals surface area contributed by atoms with Gasteiger partial charge in [0.2, 0.25) is 0 Å². The van der Waals surface area contributed by atoms with Gasteiger partial charge in [-0.1, -0.05) is 24.3 Å². The maximum absolute atomic E-state index is 12.5. The van der Waals surface area contributed by atoms with E-state index >= 15 is 0 Å². The fraction of sp³-hybridized carbons (Fsp3) is 0.650. The molecular formula is C20H27F3O4. The van der Waals surface area contributed by atoms with Gasteiger partial charge in [-0.15, -0.1) is 0 Å². The molecule has 2 aliphatic rings. The predicted octanol–water partition coefficient (Wildman–Crippen LogP) is 4.27. The van der Waals surface area contributed by atoms with E-state index in [1.807, 2.05) is 0 Å². The highest BCUT2D eigenvalue weighted by molar-refractivity contribution is 5.73. The van der Waals surface area contributed by atoms with Crippen molar-refractivity contribution in [2.24, 2.45) is 5.92 Å². The molecule has 3 rings (SSSR count). The van der Waals surface area contributed by atoms with Crippen LogP contribution in [0.4, 0.5) is 13.2 Å². The summed E-state index contributed by atoms with van der Waals surface area (Å²) >= 11 is 0. The molecule has 2 atom stereocenters. The van der Waals surface area contributed by atoms with Gasteiger partial charge < -0.3 is 14.2 Å². The van der Waals surface area contributed by atoms with Crippen molar-refractivity contribution in [3.8, 4) is 0 Å². The molecule has 1 aromatic carbocycles. The molecule has 0 spiro atoms. The van der Waals surface area contributed by atoms with Gasteiger partial charge in [-0.2, -0.15) is 13.2 Å². The second kappa shape index (κ2) is 9.06. The molecule has 0 radical (unpaired) electrons. The Morgan fingerprint density at radius 2 is 1.56 bits per heavy atom. The zero-order valence-corrected chi connectivity index (χ0v) is 16.0. The van der Waals surface area contributed by atoms with Crippen molar-refractivity contribution in [3.63, 3.8) is 0 Å². The first kappa shape index (κ1) is 21.7. The van der Waals surface area contributed by atoms with Crippen LogP contribution in [0.3, 0.4) is 0 Å². The van der Waals surface area contributed by atoms with Crippen molar-refractivity contribution in [1.82, 2.24) is 0 Å². The highest BCUT2D eigenvalue weighted by atomic mass is 19.4. The van der Waals surface area contributed by atoms with E-state index < -0.39 is 23.6 Å². The number of hydrogen-bond donors (Lipinski definition) is 0. The van der Waals surface area contributed by atoms with E-state index in [2.05, 4.69) is 0 Å². The Morgan fingerprint density at radius 1 is 1.04 bits per heavy atom. The minimum absolute atomic E-state index is 0.130. The van der Waals surface area contributed by atoms with Crippen molar-refractivity contribution in [3.05, 3.63) is 35.4 Å². The van der Waals surface area contributed by atoms with Gasteiger partial charge in [-0.05, 0) is 44.2 Å². The van der Waals surface area contributed by atoms with Gasteiger partial charge in [0.25, 0.3) is 0 Å². The molecule has 0 aromatic heterocycles. The van der Waals surface area contributed by atoms with Gasteiger partial charge in [0.05, 0.1) is 38.8 Å². The van der Waals surface area contributed by atoms with Crippen LogP contribution in [0.1, 0.15) is 44.2 Å². The Bertz CT molecular complexity index is 590. The molecular weight excluding hydrogens is 361 g/mol. The molecule has 1 aliphatic heterocycles. The van der Waals surface area contributed by atoms with Crippen molar-refractivity contribution >= 4 is 5.97 Å². The van der Waals surface area contributed by atoms with E-state index in [0.29, 0.717) is 5.56 Å². The molecule has 0 bridgehead atoms. The number of hydrogen-bond acceptors (Lipinski definition) is 4. The molecule has 27 heavy (non-hydrogen) atoms. The fourth-order valence-corrected chi connectivity index (χ4v) is 2.79. The third kappa shape index (κ3) is 7.89. The van der Waals surface area contributed by atoms with Crippen LogP contribution in [0.5, 0.6) is 0 Å². The van der Waals surface area contributed by atoms with Gasteiger partial charge >= 0.3 is 12.1 Å². The molecule has 7 heteroatoms. The van der Waals surface area contributed by atoms with Crippen LogP contribution in [-0.4, -0.2) is 44.2 Å². The predicted molar refractivity (Wildman–Crippen MR) is 94.5 cm³/mol. The molecule has 4 nitrogen and oxygen atoms in total. The van der Waals surface area contributed by atoms with E-state index in [1.165, 1.54) is 0 Å². The Kier molecular flexibility index (Phi) is 7.28. The van der Waals surface area contributed by atoms with Gasteiger partial charge in [-0.25, -0.2) is 0 Å². The van der Waals surface area contributed by atoms with Crippen LogP contribution in [0, 0.1) is 5.92 Å². The number of ether oxygens (including phenoxy) is 3. The summed E-state index contributed by atoms with van der Waals surface area (Å²) in [6, 6.07) is 6.75. The van der Waals surface area contributed by atoms with Crippen molar-refractivity contribution in [2.75, 3.05) is 26.4 Å². The highest BCUT2D eigenvalue weighted by Gasteiger charge is 2.55. The summed E-state index contributed by atoms with van der Waals surface area (Å²) in [6.45, 7) is 8.48. The monoisotopic (exact) mass is 388 g/mol. The lowest BCUT2D eigenvalue weighted by Gasteiger charge is -2.19. The van der Waals surface area contributed by atoms with Crippen molar-refractivity contribution in [1.29, 1.82) is 0 Å². The zero-order chi connectivity index (χ0) is 20.1. The minimum Gasteiger partial charge on any atom is -0.460 e. The maximum atomic E-state index is 12.5. The largest absolute Gasteiger partial charge is 0.460 e. The Hall–Kier alpha value is -1.60. The summed E-state index contributed by atoms with van der Waals surface area (Å²) in [4.78, 5) is 11.7. The van der Waals surface area contributed by atoms with Crippen LogP contribution in [-0.2, 0) is 25.4 Å². The first-order valence-electron chi connectivity index (χ1n) is 9.09. The van der Waals surface area contributed by atoms with Gasteiger partial charge in [0.1, 0.15) is 5.60 Å². The zero-order valence-electron chi connectivity index (χ0n) is 16.0. The summed E-state index contributed by atoms with van der Waals surface area (Å²) in [5.74, 6) is -1.98. The first-order valence-corrected chi connectivity index (χ1v) is 9.09. The van der Waals surface area contributed by atoms with Crippen LogP contribution in [0.15, 0.2) is 24.3 Å². The Morgan fingerprint density at radius 3 is 1.93 bits per heavy atom. The average molecular weight is 388 g/mol. The Labute approximate surface area is 158 Å². The standard InChI is InChI=1S/C16H19F3O2.C4H8O2/c1-15(2,3)21-14(20)8-10-4-6-11(7-5-10)12-9-13(12)16(17,18)19;1-2-6-4-3-5-1/h4-7,12-13H,8-9H2,1-3H3;1-4H2/t12-,13+;/m0./s1. The molecule has 2 fully saturated rings. The van der Waals surface area contributed by atoms with Gasteiger partial charge in [0, 0.05) is 0 Å². The molecule has 1 saturated carbocycles. The van der Waals surface area contributed by atoms with Gasteiger partial charge in [0.15, 0.2) is 0 Å². The fourth-order valence-electron chi connectivity index (χ4n) is 2.79. The van der Waals surface area contributed by atoms with E-state index in [-0.39, 0.29) is 18.8 Å². The molecule has 152 valence electrons. The topological polar surface area (TPSA) is 44.8 Å². The minimum atomic E-state index is -4.11. The highest BCUT2D eigenvalue weighted by Crippen LogP contribution is 2.56. The average Bonchev–Trinajstić information content (AvgIpc) is 3.37. The van der Waals surface area contributed by atoms with Gasteiger partial charge in [-0.3, -0.25) is 4.79 Å². The number of rotatable bonds is 3. The third-order valence-corrected chi connectivity index (χ3v) is 4.13. The number of alkyl halides is 3. The summed E-state index contributed by atoms with van der Waals surface area (Å²) in [7, 11) is 0. The lowest BCUT2D eigenvalue weighted by atomic mass is 10.0. The summed E-state index contributed by atoms with van der Waals surface area (Å²) in [5.41, 5.74) is 0.896. The maximum Gasteiger partial charge on any atom is 0.392 e. The number of esters is 1. The number of halogens is 3. The Balaban J connectivity index is 0.000000369. The molecule has 0 N–H and O–H groups in total. The normalized spacial score (nSPS) is 22.4. The third-order valence-electron chi connectivity index (χ3n) is 4.13. The summed E-state index contributed by atoms with van der Waals surface area (Å²) in [6.07, 6.45) is -3.82. The second-order valence-electron chi connectivity index (χ2n) is 7.72. The summed E-state index contributed by atoms with van der Waals surface area (Å²) in [5, 5.41) is 0. The van der Waals surface area contributed by atoms with E-state index in [0.717, 1.165) is 32.0 Å². The van der Waals surface area contributed by atoms with E-state index in [4.69, 9.17) is 14.2 Å². The molecule has 0 unspecified atom stereocenters. The molecule has 1 aliphatic carbocycles. The lowest BCUT2D eigenvalue weighted by molar-refractivity contribution is -0.154. The number of carbonyl (C=O) groups excluding carboxylic acids is 1. The second-order valence-corrected chi connectivity index (χ2v) is 7.72. The van der Waals surface area contributed by atoms with E-state index in [9.17, 15) is 18.0 Å². The quantitative estimate of drug-likeness (QED) is 0.726. The molecule has 1 heterocycles. The number of carbonyl (C=O) groups is 1. The van der Waals surface area contributed by atoms with Crippen LogP contribution in [0.25, 0.3) is 0 Å². The van der Waals surface area contributed by atoms with Crippen LogP contribution >= 0.6 is 0 Å².